The van der Waals surface area contributed by atoms with Crippen molar-refractivity contribution in [3.63, 3.8) is 0 Å². The van der Waals surface area contributed by atoms with Gasteiger partial charge in [-0.1, -0.05) is 26.0 Å². The molecule has 0 amide bonds. The van der Waals surface area contributed by atoms with Crippen molar-refractivity contribution < 1.29 is 24.8 Å². The van der Waals surface area contributed by atoms with E-state index in [2.05, 4.69) is 0 Å². The van der Waals surface area contributed by atoms with Crippen molar-refractivity contribution in [1.29, 1.82) is 0 Å². The van der Waals surface area contributed by atoms with E-state index in [-0.39, 0.29) is 11.7 Å². The van der Waals surface area contributed by atoms with Crippen molar-refractivity contribution in [2.75, 3.05) is 14.2 Å². The van der Waals surface area contributed by atoms with Crippen molar-refractivity contribution >= 4 is 0 Å². The number of aliphatic hydroxyl groups is 1. The maximum Gasteiger partial charge on any atom is 0.128 e. The topological polar surface area (TPSA) is 79.2 Å². The van der Waals surface area contributed by atoms with Crippen molar-refractivity contribution in [2.24, 2.45) is 0 Å². The summed E-state index contributed by atoms with van der Waals surface area (Å²) in [5, 5.41) is 28.8. The van der Waals surface area contributed by atoms with E-state index in [0.717, 1.165) is 11.3 Å². The molecule has 2 aromatic carbocycles. The molecule has 2 aromatic rings. The van der Waals surface area contributed by atoms with Crippen molar-refractivity contribution in [3.8, 4) is 23.0 Å². The van der Waals surface area contributed by atoms with Crippen molar-refractivity contribution in [1.82, 2.24) is 0 Å². The van der Waals surface area contributed by atoms with E-state index >= 15 is 0 Å². The van der Waals surface area contributed by atoms with E-state index in [9.17, 15) is 15.3 Å². The Kier molecular flexibility index (Phi) is 7.12. The largest absolute Gasteiger partial charge is 0.508 e. The minimum absolute atomic E-state index is 0.0480. The third-order valence-corrected chi connectivity index (χ3v) is 3.68. The van der Waals surface area contributed by atoms with Crippen LogP contribution in [0.3, 0.4) is 0 Å². The Morgan fingerprint density at radius 2 is 1.32 bits per heavy atom. The Morgan fingerprint density at radius 3 is 1.68 bits per heavy atom. The molecule has 0 aliphatic heterocycles. The third-order valence-electron chi connectivity index (χ3n) is 3.68. The second-order valence-corrected chi connectivity index (χ2v) is 6.46. The summed E-state index contributed by atoms with van der Waals surface area (Å²) in [6.07, 6.45) is 0. The van der Waals surface area contributed by atoms with Gasteiger partial charge in [0.15, 0.2) is 0 Å². The van der Waals surface area contributed by atoms with Gasteiger partial charge < -0.3 is 24.8 Å². The van der Waals surface area contributed by atoms with E-state index in [1.165, 1.54) is 13.2 Å². The van der Waals surface area contributed by atoms with E-state index in [4.69, 9.17) is 9.47 Å². The quantitative estimate of drug-likeness (QED) is 0.773. The van der Waals surface area contributed by atoms with Crippen LogP contribution in [0.15, 0.2) is 36.4 Å². The molecule has 25 heavy (non-hydrogen) atoms. The molecule has 0 bridgehead atoms. The number of methoxy groups -OCH3 is 2. The summed E-state index contributed by atoms with van der Waals surface area (Å²) < 4.78 is 10.2. The molecule has 0 unspecified atom stereocenters. The van der Waals surface area contributed by atoms with Crippen LogP contribution >= 0.6 is 0 Å². The summed E-state index contributed by atoms with van der Waals surface area (Å²) in [5.74, 6) is 1.88. The van der Waals surface area contributed by atoms with Crippen LogP contribution in [-0.2, 0) is 5.60 Å². The Balaban J connectivity index is 0.000000251. The van der Waals surface area contributed by atoms with E-state index < -0.39 is 5.60 Å². The molecule has 0 aliphatic carbocycles. The highest BCUT2D eigenvalue weighted by Crippen LogP contribution is 2.36. The van der Waals surface area contributed by atoms with Gasteiger partial charge in [0.05, 0.1) is 25.4 Å². The highest BCUT2D eigenvalue weighted by molar-refractivity contribution is 5.47. The molecular weight excluding hydrogens is 320 g/mol. The first kappa shape index (κ1) is 20.6. The van der Waals surface area contributed by atoms with Crippen LogP contribution in [0.25, 0.3) is 0 Å². The average Bonchev–Trinajstić information content (AvgIpc) is 2.53. The van der Waals surface area contributed by atoms with Gasteiger partial charge in [-0.3, -0.25) is 0 Å². The van der Waals surface area contributed by atoms with Gasteiger partial charge in [0.2, 0.25) is 0 Å². The van der Waals surface area contributed by atoms with Crippen LogP contribution in [-0.4, -0.2) is 29.5 Å². The van der Waals surface area contributed by atoms with Gasteiger partial charge in [-0.15, -0.1) is 0 Å². The van der Waals surface area contributed by atoms with Gasteiger partial charge >= 0.3 is 0 Å². The lowest BCUT2D eigenvalue weighted by Crippen LogP contribution is -2.16. The lowest BCUT2D eigenvalue weighted by Gasteiger charge is -2.21. The van der Waals surface area contributed by atoms with Crippen molar-refractivity contribution in [2.45, 2.75) is 39.2 Å². The Hall–Kier alpha value is -2.40. The predicted octanol–water partition coefficient (Wildman–Crippen LogP) is 4.15. The molecule has 0 aliphatic rings. The fraction of sp³-hybridized carbons (Fsp3) is 0.400. The van der Waals surface area contributed by atoms with Crippen LogP contribution in [0.5, 0.6) is 23.0 Å². The molecule has 3 N–H and O–H groups in total. The zero-order chi connectivity index (χ0) is 19.2. The monoisotopic (exact) mass is 348 g/mol. The van der Waals surface area contributed by atoms with Crippen LogP contribution in [0.4, 0.5) is 0 Å². The van der Waals surface area contributed by atoms with Gasteiger partial charge in [0.25, 0.3) is 0 Å². The number of hydrogen-bond donors (Lipinski definition) is 3. The second kappa shape index (κ2) is 8.62. The normalized spacial score (nSPS) is 10.9. The van der Waals surface area contributed by atoms with Crippen LogP contribution in [0, 0.1) is 0 Å². The van der Waals surface area contributed by atoms with Gasteiger partial charge in [0.1, 0.15) is 23.0 Å². The molecule has 0 radical (unpaired) electrons. The molecule has 5 nitrogen and oxygen atoms in total. The fourth-order valence-corrected chi connectivity index (χ4v) is 2.60. The van der Waals surface area contributed by atoms with Crippen LogP contribution in [0.2, 0.25) is 0 Å². The molecule has 0 aromatic heterocycles. The minimum Gasteiger partial charge on any atom is -0.508 e. The molecule has 0 fully saturated rings. The first-order chi connectivity index (χ1) is 11.6. The van der Waals surface area contributed by atoms with Crippen LogP contribution in [0.1, 0.15) is 44.7 Å². The number of hydrogen-bond acceptors (Lipinski definition) is 5. The van der Waals surface area contributed by atoms with Gasteiger partial charge in [-0.05, 0) is 44.0 Å². The summed E-state index contributed by atoms with van der Waals surface area (Å²) in [5.41, 5.74) is 0.189. The lowest BCUT2D eigenvalue weighted by molar-refractivity contribution is 0.0728. The number of rotatable bonds is 4. The lowest BCUT2D eigenvalue weighted by atomic mass is 9.96. The summed E-state index contributed by atoms with van der Waals surface area (Å²) >= 11 is 0. The Bertz CT molecular complexity index is 687. The van der Waals surface area contributed by atoms with E-state index in [1.807, 2.05) is 19.9 Å². The zero-order valence-corrected chi connectivity index (χ0v) is 15.7. The van der Waals surface area contributed by atoms with Gasteiger partial charge in [-0.25, -0.2) is 0 Å². The molecule has 0 spiro atoms. The molecule has 138 valence electrons. The fourth-order valence-electron chi connectivity index (χ4n) is 2.60. The van der Waals surface area contributed by atoms with Crippen LogP contribution < -0.4 is 9.47 Å². The number of phenols is 2. The van der Waals surface area contributed by atoms with Gasteiger partial charge in [-0.2, -0.15) is 0 Å². The number of benzene rings is 2. The standard InChI is InChI=1S/C10H14O3.C10H14O2/c1-10(2,12)9-7(11)5-4-6-8(9)13-3;1-7(2)10-8(11)5-4-6-9(10)12-3/h4-6,11-12H,1-3H3;4-7,11H,1-3H3. The molecule has 0 saturated heterocycles. The predicted molar refractivity (Wildman–Crippen MR) is 98.7 cm³/mol. The number of phenolic OH excluding ortho intramolecular Hbond substituents is 2. The van der Waals surface area contributed by atoms with E-state index in [1.54, 1.807) is 45.2 Å². The Morgan fingerprint density at radius 1 is 0.840 bits per heavy atom. The summed E-state index contributed by atoms with van der Waals surface area (Å²) in [7, 11) is 3.12. The average molecular weight is 348 g/mol. The molecule has 0 heterocycles. The molecule has 5 heteroatoms. The van der Waals surface area contributed by atoms with Crippen molar-refractivity contribution in [3.05, 3.63) is 47.5 Å². The molecule has 0 atom stereocenters. The zero-order valence-electron chi connectivity index (χ0n) is 15.7. The summed E-state index contributed by atoms with van der Waals surface area (Å²) in [6.45, 7) is 7.25. The first-order valence-electron chi connectivity index (χ1n) is 8.08. The molecule has 0 saturated carbocycles. The maximum absolute atomic E-state index is 9.74. The summed E-state index contributed by atoms with van der Waals surface area (Å²) in [6, 6.07) is 10.2. The first-order valence-corrected chi connectivity index (χ1v) is 8.08. The summed E-state index contributed by atoms with van der Waals surface area (Å²) in [4.78, 5) is 0. The molecular formula is C20H28O5. The Labute approximate surface area is 149 Å². The SMILES string of the molecule is COc1cccc(O)c1C(C)(C)O.COc1cccc(O)c1C(C)C. The number of ether oxygens (including phenoxy) is 2. The second-order valence-electron chi connectivity index (χ2n) is 6.46. The molecule has 2 rings (SSSR count). The number of aromatic hydroxyl groups is 2. The maximum atomic E-state index is 9.74. The highest BCUT2D eigenvalue weighted by atomic mass is 16.5. The van der Waals surface area contributed by atoms with E-state index in [0.29, 0.717) is 17.1 Å². The smallest absolute Gasteiger partial charge is 0.128 e. The third kappa shape index (κ3) is 5.29. The minimum atomic E-state index is -1.10. The van der Waals surface area contributed by atoms with Gasteiger partial charge in [0, 0.05) is 5.56 Å². The highest BCUT2D eigenvalue weighted by Gasteiger charge is 2.24.